The molecule has 0 bridgehead atoms. The van der Waals surface area contributed by atoms with Gasteiger partial charge in [0.1, 0.15) is 0 Å². The molecule has 0 amide bonds. The third kappa shape index (κ3) is 7.91. The Morgan fingerprint density at radius 1 is 0.650 bits per heavy atom. The molecule has 1 atom stereocenters. The van der Waals surface area contributed by atoms with Crippen LogP contribution in [0.2, 0.25) is 0 Å². The molecule has 1 unspecified atom stereocenters. The largest absolute Gasteiger partial charge is 0.122 e. The lowest BCUT2D eigenvalue weighted by Gasteiger charge is -2.38. The number of unbranched alkanes of at least 4 members (excludes halogenated alkanes) is 5. The first-order chi connectivity index (χ1) is 9.66. The first-order valence-corrected chi connectivity index (χ1v) is 9.74. The van der Waals surface area contributed by atoms with Gasteiger partial charge in [-0.1, -0.05) is 85.5 Å². The van der Waals surface area contributed by atoms with E-state index in [2.05, 4.69) is 27.7 Å². The minimum Gasteiger partial charge on any atom is -0.122 e. The van der Waals surface area contributed by atoms with Gasteiger partial charge in [0, 0.05) is 5.38 Å². The van der Waals surface area contributed by atoms with Gasteiger partial charge >= 0.3 is 0 Å². The van der Waals surface area contributed by atoms with Crippen molar-refractivity contribution in [1.82, 2.24) is 0 Å². The third-order valence-electron chi connectivity index (χ3n) is 4.72. The molecule has 0 aromatic carbocycles. The molecule has 0 saturated carbocycles. The Kier molecular flexibility index (Phi) is 13.2. The molecular weight excluding hydrogens is 264 g/mol. The van der Waals surface area contributed by atoms with Crippen molar-refractivity contribution < 1.29 is 0 Å². The van der Waals surface area contributed by atoms with Crippen molar-refractivity contribution in [2.24, 2.45) is 5.41 Å². The van der Waals surface area contributed by atoms with E-state index in [0.717, 1.165) is 0 Å². The highest BCUT2D eigenvalue weighted by molar-refractivity contribution is 6.21. The summed E-state index contributed by atoms with van der Waals surface area (Å²) in [5, 5.41) is 0.397. The van der Waals surface area contributed by atoms with E-state index in [1.807, 2.05) is 0 Å². The van der Waals surface area contributed by atoms with Crippen molar-refractivity contribution in [3.63, 3.8) is 0 Å². The molecule has 0 radical (unpaired) electrons. The zero-order valence-corrected chi connectivity index (χ0v) is 15.4. The highest BCUT2D eigenvalue weighted by Crippen LogP contribution is 2.43. The fraction of sp³-hybridized carbons (Fsp3) is 1.00. The van der Waals surface area contributed by atoms with Gasteiger partial charge in [-0.25, -0.2) is 0 Å². The molecule has 0 rings (SSSR count). The van der Waals surface area contributed by atoms with Crippen LogP contribution in [0.25, 0.3) is 0 Å². The summed E-state index contributed by atoms with van der Waals surface area (Å²) in [5.41, 5.74) is 0.420. The van der Waals surface area contributed by atoms with E-state index in [0.29, 0.717) is 10.8 Å². The summed E-state index contributed by atoms with van der Waals surface area (Å²) in [7, 11) is 0. The zero-order valence-electron chi connectivity index (χ0n) is 14.6. The van der Waals surface area contributed by atoms with Crippen molar-refractivity contribution in [2.45, 2.75) is 117 Å². The van der Waals surface area contributed by atoms with E-state index in [9.17, 15) is 0 Å². The van der Waals surface area contributed by atoms with Crippen molar-refractivity contribution >= 4 is 11.6 Å². The van der Waals surface area contributed by atoms with E-state index in [-0.39, 0.29) is 0 Å². The molecule has 0 aromatic rings. The molecule has 0 nitrogen and oxygen atoms in total. The standard InChI is InChI=1S/C19H39Cl/c1-5-9-10-11-12-13-14-18(20)19(15-6-2,16-7-3)17-8-4/h18H,5-17H2,1-4H3. The second-order valence-electron chi connectivity index (χ2n) is 6.64. The molecule has 0 aliphatic carbocycles. The normalized spacial score (nSPS) is 13.7. The molecule has 0 spiro atoms. The smallest absolute Gasteiger partial charge is 0.0392 e. The van der Waals surface area contributed by atoms with Gasteiger partial charge < -0.3 is 0 Å². The van der Waals surface area contributed by atoms with Crippen LogP contribution in [-0.4, -0.2) is 5.38 Å². The quantitative estimate of drug-likeness (QED) is 0.227. The maximum absolute atomic E-state index is 6.88. The highest BCUT2D eigenvalue weighted by atomic mass is 35.5. The summed E-state index contributed by atoms with van der Waals surface area (Å²) >= 11 is 6.88. The summed E-state index contributed by atoms with van der Waals surface area (Å²) in [6.45, 7) is 9.22. The summed E-state index contributed by atoms with van der Waals surface area (Å²) < 4.78 is 0. The van der Waals surface area contributed by atoms with Crippen molar-refractivity contribution in [3.8, 4) is 0 Å². The van der Waals surface area contributed by atoms with Gasteiger partial charge in [0.15, 0.2) is 0 Å². The Morgan fingerprint density at radius 3 is 1.55 bits per heavy atom. The monoisotopic (exact) mass is 302 g/mol. The van der Waals surface area contributed by atoms with Gasteiger partial charge in [-0.15, -0.1) is 11.6 Å². The van der Waals surface area contributed by atoms with E-state index in [1.165, 1.54) is 83.5 Å². The minimum absolute atomic E-state index is 0.397. The van der Waals surface area contributed by atoms with Crippen LogP contribution in [0.5, 0.6) is 0 Å². The number of halogens is 1. The molecule has 0 N–H and O–H groups in total. The van der Waals surface area contributed by atoms with E-state index >= 15 is 0 Å². The summed E-state index contributed by atoms with van der Waals surface area (Å²) in [4.78, 5) is 0. The fourth-order valence-electron chi connectivity index (χ4n) is 3.75. The molecular formula is C19H39Cl. The maximum Gasteiger partial charge on any atom is 0.0392 e. The highest BCUT2D eigenvalue weighted by Gasteiger charge is 2.34. The van der Waals surface area contributed by atoms with Gasteiger partial charge in [-0.05, 0) is 31.1 Å². The summed E-state index contributed by atoms with van der Waals surface area (Å²) in [5.74, 6) is 0. The summed E-state index contributed by atoms with van der Waals surface area (Å²) in [6.07, 6.45) is 17.3. The molecule has 1 heteroatoms. The maximum atomic E-state index is 6.88. The van der Waals surface area contributed by atoms with Crippen LogP contribution in [0.1, 0.15) is 111 Å². The van der Waals surface area contributed by atoms with Crippen molar-refractivity contribution in [2.75, 3.05) is 0 Å². The lowest BCUT2D eigenvalue weighted by molar-refractivity contribution is 0.191. The Hall–Kier alpha value is 0.290. The fourth-order valence-corrected chi connectivity index (χ4v) is 4.23. The molecule has 20 heavy (non-hydrogen) atoms. The average Bonchev–Trinajstić information content (AvgIpc) is 2.43. The lowest BCUT2D eigenvalue weighted by atomic mass is 9.71. The molecule has 0 aliphatic heterocycles. The lowest BCUT2D eigenvalue weighted by Crippen LogP contribution is -2.31. The predicted octanol–water partition coefficient (Wildman–Crippen LogP) is 7.73. The Balaban J connectivity index is 4.20. The number of hydrogen-bond acceptors (Lipinski definition) is 0. The number of rotatable bonds is 14. The van der Waals surface area contributed by atoms with E-state index in [1.54, 1.807) is 0 Å². The Labute approximate surface area is 134 Å². The SMILES string of the molecule is CCCCCCCCC(Cl)C(CCC)(CCC)CCC. The first-order valence-electron chi connectivity index (χ1n) is 9.30. The van der Waals surface area contributed by atoms with Crippen LogP contribution in [0, 0.1) is 5.41 Å². The average molecular weight is 303 g/mol. The van der Waals surface area contributed by atoms with E-state index in [4.69, 9.17) is 11.6 Å². The van der Waals surface area contributed by atoms with Crippen LogP contribution in [0.4, 0.5) is 0 Å². The minimum atomic E-state index is 0.397. The van der Waals surface area contributed by atoms with Crippen molar-refractivity contribution in [1.29, 1.82) is 0 Å². The third-order valence-corrected chi connectivity index (χ3v) is 5.40. The van der Waals surface area contributed by atoms with Crippen LogP contribution >= 0.6 is 11.6 Å². The zero-order chi connectivity index (χ0) is 15.3. The Bertz CT molecular complexity index is 183. The van der Waals surface area contributed by atoms with Gasteiger partial charge in [0.2, 0.25) is 0 Å². The van der Waals surface area contributed by atoms with Crippen LogP contribution < -0.4 is 0 Å². The van der Waals surface area contributed by atoms with Crippen LogP contribution in [-0.2, 0) is 0 Å². The molecule has 0 aromatic heterocycles. The first kappa shape index (κ1) is 20.3. The molecule has 0 heterocycles. The van der Waals surface area contributed by atoms with Crippen molar-refractivity contribution in [3.05, 3.63) is 0 Å². The van der Waals surface area contributed by atoms with Gasteiger partial charge in [0.05, 0.1) is 0 Å². The Morgan fingerprint density at radius 2 is 1.10 bits per heavy atom. The molecule has 0 aliphatic rings. The van der Waals surface area contributed by atoms with Gasteiger partial charge in [-0.2, -0.15) is 0 Å². The van der Waals surface area contributed by atoms with Gasteiger partial charge in [-0.3, -0.25) is 0 Å². The van der Waals surface area contributed by atoms with Gasteiger partial charge in [0.25, 0.3) is 0 Å². The number of hydrogen-bond donors (Lipinski definition) is 0. The second-order valence-corrected chi connectivity index (χ2v) is 7.16. The molecule has 0 fully saturated rings. The van der Waals surface area contributed by atoms with Crippen LogP contribution in [0.3, 0.4) is 0 Å². The number of alkyl halides is 1. The summed E-state index contributed by atoms with van der Waals surface area (Å²) in [6, 6.07) is 0. The predicted molar refractivity (Wildman–Crippen MR) is 94.8 cm³/mol. The van der Waals surface area contributed by atoms with E-state index < -0.39 is 0 Å². The second kappa shape index (κ2) is 13.0. The topological polar surface area (TPSA) is 0 Å². The molecule has 0 saturated heterocycles. The molecule has 122 valence electrons. The van der Waals surface area contributed by atoms with Crippen LogP contribution in [0.15, 0.2) is 0 Å².